The Morgan fingerprint density at radius 3 is 2.33 bits per heavy atom. The molecule has 1 N–H and O–H groups in total. The van der Waals surface area contributed by atoms with Crippen molar-refractivity contribution in [3.05, 3.63) is 81.8 Å². The van der Waals surface area contributed by atoms with Crippen LogP contribution in [0.25, 0.3) is 5.69 Å². The Morgan fingerprint density at radius 2 is 1.73 bits per heavy atom. The highest BCUT2D eigenvalue weighted by Crippen LogP contribution is 2.45. The predicted octanol–water partition coefficient (Wildman–Crippen LogP) is 2.72. The maximum absolute atomic E-state index is 13.9. The average molecular weight is 571 g/mol. The third-order valence-corrected chi connectivity index (χ3v) is 8.69. The topological polar surface area (TPSA) is 121 Å². The second kappa shape index (κ2) is 11.0. The van der Waals surface area contributed by atoms with Gasteiger partial charge in [0.25, 0.3) is 10.2 Å². The Kier molecular flexibility index (Phi) is 7.59. The fourth-order valence-corrected chi connectivity index (χ4v) is 5.55. The summed E-state index contributed by atoms with van der Waals surface area (Å²) in [6.07, 6.45) is 3.33. The summed E-state index contributed by atoms with van der Waals surface area (Å²) in [5.74, 6) is -1.68. The molecule has 2 aromatic carbocycles. The van der Waals surface area contributed by atoms with Crippen LogP contribution in [-0.4, -0.2) is 55.3 Å². The molecule has 2 heterocycles. The first-order valence-electron chi connectivity index (χ1n) is 12.8. The Labute approximate surface area is 230 Å². The van der Waals surface area contributed by atoms with E-state index in [0.717, 1.165) is 35.2 Å². The van der Waals surface area contributed by atoms with Crippen LogP contribution in [0.2, 0.25) is 0 Å². The van der Waals surface area contributed by atoms with Crippen molar-refractivity contribution in [2.45, 2.75) is 26.3 Å². The summed E-state index contributed by atoms with van der Waals surface area (Å²) < 4.78 is 64.3. The molecule has 10 nitrogen and oxygen atoms in total. The lowest BCUT2D eigenvalue weighted by Gasteiger charge is -2.35. The largest absolute Gasteiger partial charge is 0.486 e. The third-order valence-electron chi connectivity index (χ3n) is 7.14. The molecule has 40 heavy (non-hydrogen) atoms. The monoisotopic (exact) mass is 570 g/mol. The number of nitriles is 1. The standard InChI is InChI=1S/C27H28F2N6O4S/c1-27(6-7-27)18-39-25-24(17-31-35(26(25)36)23-13-21(28)12-22(29)14-23)33-8-10-34(11-9-33)40(37,38)32-16-20-4-2-19(15-30)3-5-20/h2-5,12-14,17,32H,6-11,16,18H2,1H3. The molecule has 3 aromatic rings. The van der Waals surface area contributed by atoms with Crippen molar-refractivity contribution >= 4 is 15.9 Å². The van der Waals surface area contributed by atoms with Crippen molar-refractivity contribution in [3.63, 3.8) is 0 Å². The fourth-order valence-electron chi connectivity index (χ4n) is 4.37. The molecule has 1 saturated heterocycles. The Balaban J connectivity index is 1.32. The molecule has 13 heteroatoms. The number of hydrogen-bond acceptors (Lipinski definition) is 7. The Bertz CT molecular complexity index is 1590. The van der Waals surface area contributed by atoms with Crippen LogP contribution in [-0.2, 0) is 16.8 Å². The summed E-state index contributed by atoms with van der Waals surface area (Å²) in [5, 5.41) is 13.1. The molecule has 2 aliphatic rings. The number of ether oxygens (including phenoxy) is 1. The van der Waals surface area contributed by atoms with Gasteiger partial charge in [0.1, 0.15) is 17.3 Å². The fraction of sp³-hybridized carbons (Fsp3) is 0.370. The number of anilines is 1. The minimum Gasteiger partial charge on any atom is -0.486 e. The zero-order valence-electron chi connectivity index (χ0n) is 21.8. The Morgan fingerprint density at radius 1 is 1.07 bits per heavy atom. The number of hydrogen-bond donors (Lipinski definition) is 1. The summed E-state index contributed by atoms with van der Waals surface area (Å²) in [5.41, 5.74) is 0.826. The zero-order valence-corrected chi connectivity index (χ0v) is 22.6. The van der Waals surface area contributed by atoms with Crippen molar-refractivity contribution in [3.8, 4) is 17.5 Å². The minimum atomic E-state index is -3.79. The quantitative estimate of drug-likeness (QED) is 0.420. The van der Waals surface area contributed by atoms with Crippen LogP contribution in [0.4, 0.5) is 14.5 Å². The maximum atomic E-state index is 13.9. The van der Waals surface area contributed by atoms with E-state index in [1.165, 1.54) is 10.5 Å². The van der Waals surface area contributed by atoms with Gasteiger partial charge in [-0.05, 0) is 42.7 Å². The molecule has 1 aliphatic carbocycles. The van der Waals surface area contributed by atoms with Gasteiger partial charge in [-0.25, -0.2) is 8.78 Å². The highest BCUT2D eigenvalue weighted by molar-refractivity contribution is 7.87. The van der Waals surface area contributed by atoms with Gasteiger partial charge in [0.05, 0.1) is 30.1 Å². The summed E-state index contributed by atoms with van der Waals surface area (Å²) in [6, 6.07) is 11.4. The van der Waals surface area contributed by atoms with E-state index in [2.05, 4.69) is 9.82 Å². The molecule has 0 unspecified atom stereocenters. The summed E-state index contributed by atoms with van der Waals surface area (Å²) in [6.45, 7) is 3.26. The van der Waals surface area contributed by atoms with Gasteiger partial charge in [0, 0.05) is 44.2 Å². The van der Waals surface area contributed by atoms with Crippen LogP contribution in [0.3, 0.4) is 0 Å². The maximum Gasteiger partial charge on any atom is 0.316 e. The van der Waals surface area contributed by atoms with E-state index in [0.29, 0.717) is 23.9 Å². The number of rotatable bonds is 9. The molecule has 0 radical (unpaired) electrons. The van der Waals surface area contributed by atoms with Gasteiger partial charge in [0.2, 0.25) is 5.75 Å². The lowest BCUT2D eigenvalue weighted by molar-refractivity contribution is 0.242. The lowest BCUT2D eigenvalue weighted by atomic mass is 10.1. The number of nitrogens with one attached hydrogen (secondary N) is 1. The zero-order chi connectivity index (χ0) is 28.5. The normalized spacial score (nSPS) is 16.9. The average Bonchev–Trinajstić information content (AvgIpc) is 3.68. The van der Waals surface area contributed by atoms with Gasteiger partial charge >= 0.3 is 5.56 Å². The van der Waals surface area contributed by atoms with E-state index in [9.17, 15) is 22.0 Å². The van der Waals surface area contributed by atoms with Crippen molar-refractivity contribution in [1.29, 1.82) is 5.26 Å². The van der Waals surface area contributed by atoms with E-state index in [4.69, 9.17) is 10.00 Å². The number of halogens is 2. The molecule has 210 valence electrons. The first-order valence-corrected chi connectivity index (χ1v) is 14.2. The summed E-state index contributed by atoms with van der Waals surface area (Å²) in [7, 11) is -3.79. The van der Waals surface area contributed by atoms with Crippen LogP contribution in [0, 0.1) is 28.4 Å². The molecule has 0 bridgehead atoms. The van der Waals surface area contributed by atoms with E-state index in [1.807, 2.05) is 17.9 Å². The third kappa shape index (κ3) is 6.14. The summed E-state index contributed by atoms with van der Waals surface area (Å²) >= 11 is 0. The molecule has 5 rings (SSSR count). The molecule has 1 aliphatic heterocycles. The van der Waals surface area contributed by atoms with Crippen molar-refractivity contribution in [2.24, 2.45) is 5.41 Å². The van der Waals surface area contributed by atoms with Crippen molar-refractivity contribution < 1.29 is 21.9 Å². The van der Waals surface area contributed by atoms with Gasteiger partial charge in [0.15, 0.2) is 0 Å². The SMILES string of the molecule is CC1(COc2c(N3CCN(S(=O)(=O)NCc4ccc(C#N)cc4)CC3)cnn(-c3cc(F)cc(F)c3)c2=O)CC1. The molecule has 0 amide bonds. The smallest absolute Gasteiger partial charge is 0.316 e. The van der Waals surface area contributed by atoms with Gasteiger partial charge in [-0.1, -0.05) is 19.1 Å². The molecule has 0 spiro atoms. The molecule has 2 fully saturated rings. The number of benzene rings is 2. The van der Waals surface area contributed by atoms with Crippen LogP contribution in [0.5, 0.6) is 5.75 Å². The second-order valence-electron chi connectivity index (χ2n) is 10.3. The van der Waals surface area contributed by atoms with Crippen LogP contribution in [0.1, 0.15) is 30.9 Å². The lowest BCUT2D eigenvalue weighted by Crippen LogP contribution is -2.52. The molecular formula is C27H28F2N6O4S. The van der Waals surface area contributed by atoms with Crippen LogP contribution < -0.4 is 19.9 Å². The van der Waals surface area contributed by atoms with Gasteiger partial charge in [-0.3, -0.25) is 4.79 Å². The molecule has 1 saturated carbocycles. The van der Waals surface area contributed by atoms with E-state index in [1.54, 1.807) is 24.3 Å². The van der Waals surface area contributed by atoms with Crippen molar-refractivity contribution in [2.75, 3.05) is 37.7 Å². The second-order valence-corrected chi connectivity index (χ2v) is 12.1. The molecule has 1 aromatic heterocycles. The number of aromatic nitrogens is 2. The highest BCUT2D eigenvalue weighted by atomic mass is 32.2. The van der Waals surface area contributed by atoms with E-state index >= 15 is 0 Å². The predicted molar refractivity (Wildman–Crippen MR) is 143 cm³/mol. The Hall–Kier alpha value is -3.86. The van der Waals surface area contributed by atoms with Gasteiger partial charge in [-0.2, -0.15) is 32.5 Å². The van der Waals surface area contributed by atoms with Crippen LogP contribution >= 0.6 is 0 Å². The first-order chi connectivity index (χ1) is 19.1. The van der Waals surface area contributed by atoms with Gasteiger partial charge in [-0.15, -0.1) is 0 Å². The first kappa shape index (κ1) is 27.7. The molecule has 0 atom stereocenters. The summed E-state index contributed by atoms with van der Waals surface area (Å²) in [4.78, 5) is 15.3. The number of piperazine rings is 1. The molecular weight excluding hydrogens is 542 g/mol. The van der Waals surface area contributed by atoms with E-state index in [-0.39, 0.29) is 49.6 Å². The van der Waals surface area contributed by atoms with E-state index < -0.39 is 27.4 Å². The van der Waals surface area contributed by atoms with Crippen molar-refractivity contribution in [1.82, 2.24) is 18.8 Å². The minimum absolute atomic E-state index is 0.00282. The number of nitrogens with zero attached hydrogens (tertiary/aromatic N) is 5. The van der Waals surface area contributed by atoms with Gasteiger partial charge < -0.3 is 9.64 Å². The highest BCUT2D eigenvalue weighted by Gasteiger charge is 2.39. The van der Waals surface area contributed by atoms with Crippen LogP contribution in [0.15, 0.2) is 53.5 Å².